The molecule has 3 N–H and O–H groups in total. The monoisotopic (exact) mass is 851 g/mol. The third kappa shape index (κ3) is 7.79. The minimum absolute atomic E-state index is 0.00521. The van der Waals surface area contributed by atoms with E-state index in [9.17, 15) is 32.3 Å². The Balaban J connectivity index is 1.50. The van der Waals surface area contributed by atoms with Crippen LogP contribution in [0.5, 0.6) is 11.6 Å². The first-order valence-electron chi connectivity index (χ1n) is 19.8. The predicted octanol–water partition coefficient (Wildman–Crippen LogP) is 5.27. The van der Waals surface area contributed by atoms with E-state index >= 15 is 13.6 Å². The van der Waals surface area contributed by atoms with Crippen LogP contribution in [0.4, 0.5) is 18.0 Å². The van der Waals surface area contributed by atoms with Crippen molar-refractivity contribution >= 4 is 44.6 Å². The molecule has 0 spiro atoms. The van der Waals surface area contributed by atoms with Crippen molar-refractivity contribution in [2.75, 3.05) is 7.11 Å². The van der Waals surface area contributed by atoms with Gasteiger partial charge in [0.15, 0.2) is 5.60 Å². The number of fused-ring (bicyclic) bond motifs is 3. The van der Waals surface area contributed by atoms with E-state index in [0.717, 1.165) is 24.0 Å². The summed E-state index contributed by atoms with van der Waals surface area (Å²) in [5.41, 5.74) is -4.71. The van der Waals surface area contributed by atoms with Crippen LogP contribution in [-0.2, 0) is 29.1 Å². The standard InChI is InChI=1S/C40H52F3N5O10S/c1-8-22(3)47(36(52)53)31-29(9-2)57-23(4)12-10-11-13-24-19-39(24,35(51)46-59(54,55)37(5)16-17-37)45-32(49)28-20-38(6,40(42,43)48(28)34(31)50)58-33-27-18-25(41)14-15-26(27)30(56-7)21-44-33/h11,13-15,18,21-24,28-29,31H,8-10,12,16-17,19-20H2,1-7H3,(H,45,49)(H,46,51)(H,52,53)/b13-11-/t22?,23-,24-,28+,29+,31+,38-,39-/m1/s1. The number of ether oxygens (including phenoxy) is 3. The van der Waals surface area contributed by atoms with Gasteiger partial charge in [-0.15, -0.1) is 0 Å². The van der Waals surface area contributed by atoms with Gasteiger partial charge in [0.2, 0.25) is 21.8 Å². The maximum absolute atomic E-state index is 17.7. The number of sulfonamides is 1. The number of nitrogens with zero attached hydrogens (tertiary/aromatic N) is 3. The lowest BCUT2D eigenvalue weighted by molar-refractivity contribution is -0.220. The number of halogens is 3. The van der Waals surface area contributed by atoms with E-state index in [1.807, 2.05) is 0 Å². The first-order chi connectivity index (χ1) is 27.6. The van der Waals surface area contributed by atoms with Crippen LogP contribution in [0.2, 0.25) is 0 Å². The zero-order chi connectivity index (χ0) is 43.5. The second-order valence-corrected chi connectivity index (χ2v) is 18.8. The molecule has 1 aromatic heterocycles. The van der Waals surface area contributed by atoms with Gasteiger partial charge in [0.05, 0.1) is 35.6 Å². The second-order valence-electron chi connectivity index (χ2n) is 16.6. The summed E-state index contributed by atoms with van der Waals surface area (Å²) in [4.78, 5) is 61.7. The van der Waals surface area contributed by atoms with Gasteiger partial charge in [0.25, 0.3) is 11.8 Å². The number of nitrogens with one attached hydrogen (secondary N) is 2. The molecule has 2 aliphatic heterocycles. The second kappa shape index (κ2) is 15.7. The number of carbonyl (C=O) groups is 4. The highest BCUT2D eigenvalue weighted by Gasteiger charge is 2.71. The van der Waals surface area contributed by atoms with Gasteiger partial charge in [-0.3, -0.25) is 28.9 Å². The molecule has 2 aromatic rings. The lowest BCUT2D eigenvalue weighted by atomic mass is 9.99. The molecular weight excluding hydrogens is 800 g/mol. The molecule has 19 heteroatoms. The summed E-state index contributed by atoms with van der Waals surface area (Å²) in [7, 11) is -2.87. The fourth-order valence-corrected chi connectivity index (χ4v) is 9.37. The maximum Gasteiger partial charge on any atom is 0.408 e. The molecule has 0 bridgehead atoms. The number of allylic oxidation sites excluding steroid dienone is 1. The Morgan fingerprint density at radius 2 is 1.86 bits per heavy atom. The summed E-state index contributed by atoms with van der Waals surface area (Å²) < 4.78 is 94.9. The van der Waals surface area contributed by atoms with Gasteiger partial charge in [-0.25, -0.2) is 22.6 Å². The van der Waals surface area contributed by atoms with Crippen LogP contribution in [0, 0.1) is 11.7 Å². The molecule has 3 heterocycles. The van der Waals surface area contributed by atoms with Gasteiger partial charge in [0, 0.05) is 23.8 Å². The maximum atomic E-state index is 17.7. The number of pyridine rings is 1. The van der Waals surface area contributed by atoms with Crippen molar-refractivity contribution in [3.05, 3.63) is 42.4 Å². The van der Waals surface area contributed by atoms with Crippen molar-refractivity contribution < 1.29 is 60.1 Å². The summed E-state index contributed by atoms with van der Waals surface area (Å²) >= 11 is 0. The molecule has 324 valence electrons. The van der Waals surface area contributed by atoms with Gasteiger partial charge >= 0.3 is 12.1 Å². The molecule has 1 aromatic carbocycles. The molecule has 2 aliphatic carbocycles. The molecule has 3 fully saturated rings. The number of aromatic nitrogens is 1. The van der Waals surface area contributed by atoms with Gasteiger partial charge in [-0.05, 0) is 90.8 Å². The van der Waals surface area contributed by atoms with Crippen molar-refractivity contribution in [3.8, 4) is 11.6 Å². The van der Waals surface area contributed by atoms with E-state index in [4.69, 9.17) is 14.2 Å². The summed E-state index contributed by atoms with van der Waals surface area (Å²) in [5.74, 6) is -5.58. The van der Waals surface area contributed by atoms with E-state index in [1.54, 1.807) is 32.9 Å². The van der Waals surface area contributed by atoms with Crippen LogP contribution < -0.4 is 19.5 Å². The van der Waals surface area contributed by atoms with Crippen molar-refractivity contribution in [1.29, 1.82) is 0 Å². The SMILES string of the molecule is CCC(C)N(C(=O)O)[C@@H]1C(=O)N2[C@@H](C[C@@](C)(Oc3ncc(OC)c4ccc(F)cc34)C2(F)F)C(=O)N[C@]2(C(=O)NS(=O)(=O)C3(C)CC3)C[C@H]2/C=C\CC[C@@H](C)O[C@H]1CC. The van der Waals surface area contributed by atoms with Crippen LogP contribution in [0.1, 0.15) is 92.9 Å². The van der Waals surface area contributed by atoms with Crippen LogP contribution in [0.25, 0.3) is 10.8 Å². The van der Waals surface area contributed by atoms with E-state index in [2.05, 4.69) is 15.0 Å². The number of amides is 4. The summed E-state index contributed by atoms with van der Waals surface area (Å²) in [5, 5.41) is 13.3. The Morgan fingerprint density at radius 1 is 1.17 bits per heavy atom. The minimum atomic E-state index is -4.43. The lowest BCUT2D eigenvalue weighted by Gasteiger charge is -2.42. The largest absolute Gasteiger partial charge is 0.494 e. The molecule has 0 radical (unpaired) electrons. The summed E-state index contributed by atoms with van der Waals surface area (Å²) in [6.45, 7) is 8.91. The normalized spacial score (nSPS) is 31.4. The van der Waals surface area contributed by atoms with Gasteiger partial charge in [0.1, 0.15) is 29.2 Å². The van der Waals surface area contributed by atoms with E-state index in [0.29, 0.717) is 25.7 Å². The molecule has 4 amide bonds. The molecule has 4 aliphatic rings. The lowest BCUT2D eigenvalue weighted by Crippen LogP contribution is -2.66. The molecule has 59 heavy (non-hydrogen) atoms. The highest BCUT2D eigenvalue weighted by Crippen LogP contribution is 2.51. The van der Waals surface area contributed by atoms with Crippen LogP contribution in [0.3, 0.4) is 0 Å². The fraction of sp³-hybridized carbons (Fsp3) is 0.625. The van der Waals surface area contributed by atoms with Crippen LogP contribution >= 0.6 is 0 Å². The number of alkyl halides is 2. The number of methoxy groups -OCH3 is 1. The Morgan fingerprint density at radius 3 is 2.47 bits per heavy atom. The number of hydrogen-bond acceptors (Lipinski definition) is 10. The zero-order valence-corrected chi connectivity index (χ0v) is 34.9. The molecule has 6 rings (SSSR count). The van der Waals surface area contributed by atoms with E-state index < -0.39 is 110 Å². The Kier molecular flexibility index (Phi) is 11.7. The van der Waals surface area contributed by atoms with Crippen LogP contribution in [0.15, 0.2) is 36.5 Å². The number of rotatable bonds is 10. The smallest absolute Gasteiger partial charge is 0.408 e. The third-order valence-corrected chi connectivity index (χ3v) is 14.6. The molecule has 2 saturated carbocycles. The topological polar surface area (TPSA) is 194 Å². The van der Waals surface area contributed by atoms with Crippen LogP contribution in [-0.4, -0.2) is 111 Å². The van der Waals surface area contributed by atoms with Crippen molar-refractivity contribution in [2.24, 2.45) is 5.92 Å². The zero-order valence-electron chi connectivity index (χ0n) is 34.1. The van der Waals surface area contributed by atoms with Gasteiger partial charge in [-0.1, -0.05) is 26.0 Å². The Bertz CT molecular complexity index is 2150. The Labute approximate surface area is 341 Å². The molecule has 1 unspecified atom stereocenters. The van der Waals surface area contributed by atoms with Crippen molar-refractivity contribution in [1.82, 2.24) is 24.8 Å². The third-order valence-electron chi connectivity index (χ3n) is 12.4. The molecule has 1 saturated heterocycles. The molecular formula is C40H52F3N5O10S. The van der Waals surface area contributed by atoms with E-state index in [-0.39, 0.29) is 40.7 Å². The summed E-state index contributed by atoms with van der Waals surface area (Å²) in [6.07, 6.45) is 1.59. The van der Waals surface area contributed by atoms with Crippen molar-refractivity contribution in [2.45, 2.75) is 145 Å². The highest BCUT2D eigenvalue weighted by atomic mass is 32.2. The minimum Gasteiger partial charge on any atom is -0.494 e. The van der Waals surface area contributed by atoms with Gasteiger partial charge in [-0.2, -0.15) is 8.78 Å². The summed E-state index contributed by atoms with van der Waals surface area (Å²) in [6, 6.07) is -5.87. The predicted molar refractivity (Wildman–Crippen MR) is 208 cm³/mol. The average molecular weight is 852 g/mol. The Hall–Kier alpha value is -4.65. The number of carboxylic acid groups (broad SMARTS) is 1. The quantitative estimate of drug-likeness (QED) is 0.208. The first kappa shape index (κ1) is 43.9. The van der Waals surface area contributed by atoms with E-state index in [1.165, 1.54) is 33.2 Å². The highest BCUT2D eigenvalue weighted by molar-refractivity contribution is 7.91. The number of carbonyl (C=O) groups excluding carboxylic acids is 3. The molecule has 8 atom stereocenters. The number of benzene rings is 1. The first-order valence-corrected chi connectivity index (χ1v) is 21.3. The number of hydrogen-bond donors (Lipinski definition) is 3. The van der Waals surface area contributed by atoms with Gasteiger partial charge < -0.3 is 24.6 Å². The average Bonchev–Trinajstić information content (AvgIpc) is 4.08. The molecule has 15 nitrogen and oxygen atoms in total. The fourth-order valence-electron chi connectivity index (χ4n) is 8.06. The van der Waals surface area contributed by atoms with Crippen molar-refractivity contribution in [3.63, 3.8) is 0 Å².